The van der Waals surface area contributed by atoms with Crippen LogP contribution in [0.25, 0.3) is 0 Å². The highest BCUT2D eigenvalue weighted by Crippen LogP contribution is 2.29. The van der Waals surface area contributed by atoms with Gasteiger partial charge in [-0.2, -0.15) is 14.9 Å². The van der Waals surface area contributed by atoms with Crippen molar-refractivity contribution >= 4 is 30.0 Å². The van der Waals surface area contributed by atoms with Crippen LogP contribution < -0.4 is 9.47 Å². The third kappa shape index (κ3) is 4.79. The molecule has 0 bridgehead atoms. The number of ether oxygens (including phenoxy) is 2. The fourth-order valence-electron chi connectivity index (χ4n) is 2.56. The smallest absolute Gasteiger partial charge is 0.216 e. The van der Waals surface area contributed by atoms with Crippen LogP contribution in [0.2, 0.25) is 5.02 Å². The molecule has 1 aromatic heterocycles. The zero-order valence-electron chi connectivity index (χ0n) is 15.7. The molecule has 0 aliphatic carbocycles. The third-order valence-corrected chi connectivity index (χ3v) is 4.60. The molecule has 3 aromatic rings. The highest BCUT2D eigenvalue weighted by molar-refractivity contribution is 7.71. The van der Waals surface area contributed by atoms with Crippen LogP contribution >= 0.6 is 23.8 Å². The fraction of sp³-hybridized carbons (Fsp3) is 0.250. The minimum absolute atomic E-state index is 0.358. The second-order valence-electron chi connectivity index (χ2n) is 5.87. The first-order valence-electron chi connectivity index (χ1n) is 8.96. The predicted octanol–water partition coefficient (Wildman–Crippen LogP) is 5.02. The summed E-state index contributed by atoms with van der Waals surface area (Å²) in [7, 11) is 0. The van der Waals surface area contributed by atoms with Crippen molar-refractivity contribution in [2.75, 3.05) is 6.61 Å². The van der Waals surface area contributed by atoms with Crippen molar-refractivity contribution in [3.05, 3.63) is 69.2 Å². The van der Waals surface area contributed by atoms with E-state index in [2.05, 4.69) is 15.3 Å². The number of hydrogen-bond acceptors (Lipinski definition) is 5. The highest BCUT2D eigenvalue weighted by atomic mass is 35.5. The van der Waals surface area contributed by atoms with Crippen LogP contribution in [0.3, 0.4) is 0 Å². The molecule has 146 valence electrons. The number of benzene rings is 2. The van der Waals surface area contributed by atoms with Gasteiger partial charge >= 0.3 is 0 Å². The van der Waals surface area contributed by atoms with Gasteiger partial charge in [-0.3, -0.25) is 5.10 Å². The van der Waals surface area contributed by atoms with Crippen molar-refractivity contribution in [3.8, 4) is 11.5 Å². The molecule has 0 unspecified atom stereocenters. The van der Waals surface area contributed by atoms with Crippen molar-refractivity contribution in [1.29, 1.82) is 0 Å². The standard InChI is InChI=1S/C20H21ClN4O2S/c1-3-19-23-24-20(28)25(19)22-12-14-9-10-17(18(11-14)26-4-2)27-13-15-7-5-6-8-16(15)21/h5-12H,3-4,13H2,1-2H3,(H,24,28)/b22-12-. The van der Waals surface area contributed by atoms with E-state index < -0.39 is 0 Å². The minimum Gasteiger partial charge on any atom is -0.490 e. The van der Waals surface area contributed by atoms with Crippen molar-refractivity contribution in [2.45, 2.75) is 26.9 Å². The Bertz CT molecular complexity index is 1030. The van der Waals surface area contributed by atoms with E-state index in [0.717, 1.165) is 23.4 Å². The molecular weight excluding hydrogens is 396 g/mol. The molecule has 2 aromatic carbocycles. The lowest BCUT2D eigenvalue weighted by molar-refractivity contribution is 0.269. The molecule has 0 fully saturated rings. The van der Waals surface area contributed by atoms with E-state index >= 15 is 0 Å². The van der Waals surface area contributed by atoms with E-state index in [1.807, 2.05) is 56.3 Å². The summed E-state index contributed by atoms with van der Waals surface area (Å²) in [5.41, 5.74) is 1.78. The fourth-order valence-corrected chi connectivity index (χ4v) is 2.95. The van der Waals surface area contributed by atoms with Gasteiger partial charge in [0.15, 0.2) is 17.3 Å². The molecule has 28 heavy (non-hydrogen) atoms. The summed E-state index contributed by atoms with van der Waals surface area (Å²) in [6, 6.07) is 13.2. The lowest BCUT2D eigenvalue weighted by Gasteiger charge is -2.13. The number of halogens is 1. The average Bonchev–Trinajstić information content (AvgIpc) is 3.06. The maximum Gasteiger partial charge on any atom is 0.216 e. The van der Waals surface area contributed by atoms with E-state index in [0.29, 0.717) is 34.5 Å². The zero-order valence-corrected chi connectivity index (χ0v) is 17.3. The first-order chi connectivity index (χ1) is 13.6. The van der Waals surface area contributed by atoms with Crippen molar-refractivity contribution in [1.82, 2.24) is 14.9 Å². The van der Waals surface area contributed by atoms with Gasteiger partial charge in [0, 0.05) is 17.0 Å². The van der Waals surface area contributed by atoms with Crippen molar-refractivity contribution in [2.24, 2.45) is 5.10 Å². The van der Waals surface area contributed by atoms with Gasteiger partial charge in [-0.05, 0) is 49.0 Å². The normalized spacial score (nSPS) is 11.1. The second-order valence-corrected chi connectivity index (χ2v) is 6.67. The largest absolute Gasteiger partial charge is 0.490 e. The quantitative estimate of drug-likeness (QED) is 0.413. The summed E-state index contributed by atoms with van der Waals surface area (Å²) in [5.74, 6) is 2.06. The number of rotatable bonds is 8. The summed E-state index contributed by atoms with van der Waals surface area (Å²) < 4.78 is 13.7. The summed E-state index contributed by atoms with van der Waals surface area (Å²) in [6.07, 6.45) is 2.44. The first-order valence-corrected chi connectivity index (χ1v) is 9.74. The summed E-state index contributed by atoms with van der Waals surface area (Å²) in [5, 5.41) is 12.0. The van der Waals surface area contributed by atoms with Gasteiger partial charge in [0.05, 0.1) is 12.8 Å². The van der Waals surface area contributed by atoms with E-state index in [-0.39, 0.29) is 0 Å². The van der Waals surface area contributed by atoms with Crippen LogP contribution in [0.4, 0.5) is 0 Å². The van der Waals surface area contributed by atoms with Gasteiger partial charge < -0.3 is 9.47 Å². The number of nitrogens with one attached hydrogen (secondary N) is 1. The average molecular weight is 417 g/mol. The molecule has 0 saturated carbocycles. The lowest BCUT2D eigenvalue weighted by Crippen LogP contribution is -2.01. The summed E-state index contributed by atoms with van der Waals surface area (Å²) >= 11 is 11.4. The van der Waals surface area contributed by atoms with Crippen LogP contribution in [0.5, 0.6) is 11.5 Å². The SMILES string of the molecule is CCOc1cc(/C=N\n2c(CC)n[nH]c2=S)ccc1OCc1ccccc1Cl. The molecule has 0 aliphatic rings. The predicted molar refractivity (Wildman–Crippen MR) is 113 cm³/mol. The summed E-state index contributed by atoms with van der Waals surface area (Å²) in [6.45, 7) is 4.80. The Balaban J connectivity index is 1.80. The van der Waals surface area contributed by atoms with Crippen LogP contribution in [0.1, 0.15) is 30.8 Å². The molecule has 8 heteroatoms. The van der Waals surface area contributed by atoms with Crippen LogP contribution in [0, 0.1) is 4.77 Å². The van der Waals surface area contributed by atoms with Gasteiger partial charge in [0.1, 0.15) is 6.61 Å². The summed E-state index contributed by atoms with van der Waals surface area (Å²) in [4.78, 5) is 0. The molecule has 6 nitrogen and oxygen atoms in total. The molecule has 0 radical (unpaired) electrons. The Morgan fingerprint density at radius 2 is 2.00 bits per heavy atom. The molecule has 0 saturated heterocycles. The molecule has 0 amide bonds. The Morgan fingerprint density at radius 3 is 2.75 bits per heavy atom. The molecule has 1 N–H and O–H groups in total. The van der Waals surface area contributed by atoms with Crippen LogP contribution in [-0.4, -0.2) is 27.7 Å². The topological polar surface area (TPSA) is 64.4 Å². The monoisotopic (exact) mass is 416 g/mol. The number of H-pyrrole nitrogens is 1. The molecular formula is C20H21ClN4O2S. The van der Waals surface area contributed by atoms with Gasteiger partial charge in [0.25, 0.3) is 0 Å². The van der Waals surface area contributed by atoms with E-state index in [4.69, 9.17) is 33.3 Å². The molecule has 0 spiro atoms. The Morgan fingerprint density at radius 1 is 1.18 bits per heavy atom. The lowest BCUT2D eigenvalue weighted by atomic mass is 10.2. The van der Waals surface area contributed by atoms with E-state index in [1.165, 1.54) is 0 Å². The van der Waals surface area contributed by atoms with Gasteiger partial charge in [-0.1, -0.05) is 36.7 Å². The number of aryl methyl sites for hydroxylation is 1. The molecule has 3 rings (SSSR count). The maximum absolute atomic E-state index is 6.20. The van der Waals surface area contributed by atoms with Gasteiger partial charge in [-0.15, -0.1) is 0 Å². The van der Waals surface area contributed by atoms with Crippen molar-refractivity contribution < 1.29 is 9.47 Å². The Hall–Kier alpha value is -2.64. The van der Waals surface area contributed by atoms with E-state index in [9.17, 15) is 0 Å². The molecule has 1 heterocycles. The van der Waals surface area contributed by atoms with Gasteiger partial charge in [0.2, 0.25) is 4.77 Å². The Kier molecular flexibility index (Phi) is 6.84. The highest BCUT2D eigenvalue weighted by Gasteiger charge is 2.08. The maximum atomic E-state index is 6.20. The molecule has 0 atom stereocenters. The third-order valence-electron chi connectivity index (χ3n) is 3.96. The number of aromatic nitrogens is 3. The minimum atomic E-state index is 0.358. The second kappa shape index (κ2) is 9.52. The number of nitrogens with zero attached hydrogens (tertiary/aromatic N) is 3. The number of hydrogen-bond donors (Lipinski definition) is 1. The number of aromatic amines is 1. The van der Waals surface area contributed by atoms with Crippen LogP contribution in [-0.2, 0) is 13.0 Å². The first kappa shape index (κ1) is 20.1. The van der Waals surface area contributed by atoms with Crippen LogP contribution in [0.15, 0.2) is 47.6 Å². The van der Waals surface area contributed by atoms with Gasteiger partial charge in [-0.25, -0.2) is 0 Å². The van der Waals surface area contributed by atoms with Crippen molar-refractivity contribution in [3.63, 3.8) is 0 Å². The Labute approximate surface area is 173 Å². The zero-order chi connectivity index (χ0) is 19.9. The van der Waals surface area contributed by atoms with E-state index in [1.54, 1.807) is 10.9 Å². The molecule has 0 aliphatic heterocycles.